The predicted molar refractivity (Wildman–Crippen MR) is 101 cm³/mol. The maximum absolute atomic E-state index is 13.0. The molecule has 8 heteroatoms. The average Bonchev–Trinajstić information content (AvgIpc) is 2.94. The van der Waals surface area contributed by atoms with Crippen LogP contribution >= 0.6 is 0 Å². The van der Waals surface area contributed by atoms with E-state index in [4.69, 9.17) is 19.5 Å². The first-order valence-corrected chi connectivity index (χ1v) is 8.74. The fourth-order valence-electron chi connectivity index (χ4n) is 3.17. The number of nitrogens with one attached hydrogen (secondary N) is 1. The maximum atomic E-state index is 13.0. The van der Waals surface area contributed by atoms with Crippen molar-refractivity contribution in [2.24, 2.45) is 0 Å². The van der Waals surface area contributed by atoms with Crippen LogP contribution in [0.2, 0.25) is 0 Å². The van der Waals surface area contributed by atoms with Crippen molar-refractivity contribution in [1.29, 1.82) is 5.26 Å². The van der Waals surface area contributed by atoms with Crippen molar-refractivity contribution in [1.82, 2.24) is 9.55 Å². The summed E-state index contributed by atoms with van der Waals surface area (Å²) in [5.41, 5.74) is 0.449. The van der Waals surface area contributed by atoms with E-state index in [1.54, 1.807) is 30.3 Å². The van der Waals surface area contributed by atoms with Gasteiger partial charge in [-0.1, -0.05) is 6.07 Å². The summed E-state index contributed by atoms with van der Waals surface area (Å²) in [7, 11) is 1.47. The van der Waals surface area contributed by atoms with Crippen LogP contribution in [0, 0.1) is 11.3 Å². The van der Waals surface area contributed by atoms with Crippen LogP contribution < -0.4 is 25.5 Å². The van der Waals surface area contributed by atoms with E-state index >= 15 is 0 Å². The Hall–Kier alpha value is -3.73. The molecule has 0 saturated carbocycles. The van der Waals surface area contributed by atoms with Crippen molar-refractivity contribution in [3.05, 3.63) is 62.3 Å². The molecular formula is C20H17N3O5. The predicted octanol–water partition coefficient (Wildman–Crippen LogP) is 1.78. The third kappa shape index (κ3) is 3.07. The van der Waals surface area contributed by atoms with Gasteiger partial charge in [0.2, 0.25) is 0 Å². The van der Waals surface area contributed by atoms with E-state index in [0.29, 0.717) is 52.5 Å². The van der Waals surface area contributed by atoms with Gasteiger partial charge in [-0.05, 0) is 18.2 Å². The van der Waals surface area contributed by atoms with Crippen LogP contribution in [0.1, 0.15) is 17.5 Å². The molecule has 0 amide bonds. The number of hydrogen-bond donors (Lipinski definition) is 1. The van der Waals surface area contributed by atoms with Gasteiger partial charge in [0.05, 0.1) is 49.4 Å². The molecule has 3 aromatic rings. The third-order valence-corrected chi connectivity index (χ3v) is 4.59. The van der Waals surface area contributed by atoms with Gasteiger partial charge < -0.3 is 19.2 Å². The molecule has 4 rings (SSSR count). The van der Waals surface area contributed by atoms with E-state index in [1.165, 1.54) is 7.11 Å². The fourth-order valence-corrected chi connectivity index (χ4v) is 3.17. The van der Waals surface area contributed by atoms with Gasteiger partial charge in [0.15, 0.2) is 11.5 Å². The number of nitrogens with zero attached hydrogens (tertiary/aromatic N) is 2. The van der Waals surface area contributed by atoms with Crippen molar-refractivity contribution < 1.29 is 14.2 Å². The molecule has 28 heavy (non-hydrogen) atoms. The molecule has 0 atom stereocenters. The Morgan fingerprint density at radius 3 is 2.64 bits per heavy atom. The summed E-state index contributed by atoms with van der Waals surface area (Å²) in [4.78, 5) is 28.3. The summed E-state index contributed by atoms with van der Waals surface area (Å²) in [5.74, 6) is 1.42. The lowest BCUT2D eigenvalue weighted by Gasteiger charge is -2.12. The largest absolute Gasteiger partial charge is 0.496 e. The number of fused-ring (bicyclic) bond motifs is 2. The van der Waals surface area contributed by atoms with Gasteiger partial charge in [-0.2, -0.15) is 5.26 Å². The molecular weight excluding hydrogens is 362 g/mol. The van der Waals surface area contributed by atoms with Crippen LogP contribution in [0.5, 0.6) is 17.2 Å². The number of aromatic nitrogens is 2. The summed E-state index contributed by atoms with van der Waals surface area (Å²) in [6, 6.07) is 10.1. The van der Waals surface area contributed by atoms with E-state index in [0.717, 1.165) is 11.0 Å². The molecule has 2 heterocycles. The maximum Gasteiger partial charge on any atom is 0.329 e. The van der Waals surface area contributed by atoms with Crippen molar-refractivity contribution in [3.63, 3.8) is 0 Å². The molecule has 0 bridgehead atoms. The van der Waals surface area contributed by atoms with E-state index in [1.807, 2.05) is 6.07 Å². The fraction of sp³-hybridized carbons (Fsp3) is 0.250. The lowest BCUT2D eigenvalue weighted by Crippen LogP contribution is -2.35. The van der Waals surface area contributed by atoms with Gasteiger partial charge in [0, 0.05) is 18.1 Å². The summed E-state index contributed by atoms with van der Waals surface area (Å²) in [6.45, 7) is 1.02. The molecule has 8 nitrogen and oxygen atoms in total. The Labute approximate surface area is 159 Å². The van der Waals surface area contributed by atoms with Crippen LogP contribution in [0.4, 0.5) is 0 Å². The zero-order chi connectivity index (χ0) is 19.7. The summed E-state index contributed by atoms with van der Waals surface area (Å²) in [6.07, 6.45) is 0.740. The van der Waals surface area contributed by atoms with E-state index < -0.39 is 11.2 Å². The number of nitriles is 1. The summed E-state index contributed by atoms with van der Waals surface area (Å²) in [5, 5.41) is 9.35. The number of rotatable bonds is 3. The Morgan fingerprint density at radius 1 is 1.18 bits per heavy atom. The number of methoxy groups -OCH3 is 1. The monoisotopic (exact) mass is 379 g/mol. The number of benzene rings is 2. The van der Waals surface area contributed by atoms with Crippen LogP contribution in [-0.2, 0) is 6.54 Å². The van der Waals surface area contributed by atoms with E-state index in [2.05, 4.69) is 4.98 Å². The molecule has 1 aliphatic heterocycles. The molecule has 0 spiro atoms. The lowest BCUT2D eigenvalue weighted by atomic mass is 10.1. The average molecular weight is 379 g/mol. The number of hydrogen-bond acceptors (Lipinski definition) is 6. The molecule has 0 fully saturated rings. The second-order valence-electron chi connectivity index (χ2n) is 6.35. The highest BCUT2D eigenvalue weighted by Crippen LogP contribution is 2.32. The van der Waals surface area contributed by atoms with Crippen molar-refractivity contribution >= 4 is 10.9 Å². The standard InChI is InChI=1S/C20H17N3O5/c1-26-16-7-12(10-21)3-4-13(16)11-23-19(24)14-8-17-18(28-6-2-5-27-17)9-15(14)22-20(23)25/h3-4,7-9H,2,5-6,11H2,1H3,(H,22,25). The lowest BCUT2D eigenvalue weighted by molar-refractivity contribution is 0.297. The Bertz CT molecular complexity index is 1220. The van der Waals surface area contributed by atoms with Gasteiger partial charge >= 0.3 is 5.69 Å². The van der Waals surface area contributed by atoms with Gasteiger partial charge in [-0.3, -0.25) is 9.36 Å². The van der Waals surface area contributed by atoms with Gasteiger partial charge in [-0.15, -0.1) is 0 Å². The number of H-pyrrole nitrogens is 1. The molecule has 142 valence electrons. The number of aromatic amines is 1. The first-order valence-electron chi connectivity index (χ1n) is 8.74. The normalized spacial score (nSPS) is 13.0. The highest BCUT2D eigenvalue weighted by molar-refractivity contribution is 5.81. The zero-order valence-corrected chi connectivity index (χ0v) is 15.2. The summed E-state index contributed by atoms with van der Waals surface area (Å²) >= 11 is 0. The quantitative estimate of drug-likeness (QED) is 0.743. The summed E-state index contributed by atoms with van der Waals surface area (Å²) < 4.78 is 17.7. The Balaban J connectivity index is 1.83. The van der Waals surface area contributed by atoms with Gasteiger partial charge in [0.25, 0.3) is 5.56 Å². The first kappa shape index (κ1) is 17.7. The Morgan fingerprint density at radius 2 is 1.93 bits per heavy atom. The molecule has 0 radical (unpaired) electrons. The molecule has 0 saturated heterocycles. The van der Waals surface area contributed by atoms with Gasteiger partial charge in [-0.25, -0.2) is 4.79 Å². The third-order valence-electron chi connectivity index (χ3n) is 4.59. The first-order chi connectivity index (χ1) is 13.6. The second-order valence-corrected chi connectivity index (χ2v) is 6.35. The molecule has 1 N–H and O–H groups in total. The smallest absolute Gasteiger partial charge is 0.329 e. The van der Waals surface area contributed by atoms with Crippen LogP contribution in [-0.4, -0.2) is 29.9 Å². The van der Waals surface area contributed by atoms with Crippen LogP contribution in [0.3, 0.4) is 0 Å². The van der Waals surface area contributed by atoms with Crippen LogP contribution in [0.15, 0.2) is 39.9 Å². The van der Waals surface area contributed by atoms with Crippen LogP contribution in [0.25, 0.3) is 10.9 Å². The highest BCUT2D eigenvalue weighted by Gasteiger charge is 2.16. The van der Waals surface area contributed by atoms with Crippen molar-refractivity contribution in [2.75, 3.05) is 20.3 Å². The van der Waals surface area contributed by atoms with E-state index in [-0.39, 0.29) is 6.54 Å². The molecule has 2 aromatic carbocycles. The molecule has 0 aliphatic carbocycles. The van der Waals surface area contributed by atoms with Gasteiger partial charge in [0.1, 0.15) is 5.75 Å². The van der Waals surface area contributed by atoms with Crippen molar-refractivity contribution in [2.45, 2.75) is 13.0 Å². The SMILES string of the molecule is COc1cc(C#N)ccc1Cn1c(=O)[nH]c2cc3c(cc2c1=O)OCCCO3. The second kappa shape index (κ2) is 7.12. The minimum absolute atomic E-state index is 0.00737. The zero-order valence-electron chi connectivity index (χ0n) is 15.2. The Kier molecular flexibility index (Phi) is 4.49. The van der Waals surface area contributed by atoms with E-state index in [9.17, 15) is 9.59 Å². The molecule has 0 unspecified atom stereocenters. The van der Waals surface area contributed by atoms with Crippen molar-refractivity contribution in [3.8, 4) is 23.3 Å². The topological polar surface area (TPSA) is 106 Å². The minimum Gasteiger partial charge on any atom is -0.496 e. The molecule has 1 aliphatic rings. The number of ether oxygens (including phenoxy) is 3. The highest BCUT2D eigenvalue weighted by atomic mass is 16.5. The molecule has 1 aromatic heterocycles. The minimum atomic E-state index is -0.543.